The Labute approximate surface area is 232 Å². The Morgan fingerprint density at radius 1 is 1.20 bits per heavy atom. The zero-order valence-corrected chi connectivity index (χ0v) is 22.1. The molecule has 208 valence electrons. The Balaban J connectivity index is 1.29. The molecule has 1 fully saturated rings. The van der Waals surface area contributed by atoms with Gasteiger partial charge in [-0.3, -0.25) is 9.69 Å². The quantitative estimate of drug-likeness (QED) is 0.226. The van der Waals surface area contributed by atoms with Crippen LogP contribution in [0.25, 0.3) is 5.82 Å². The summed E-state index contributed by atoms with van der Waals surface area (Å²) in [7, 11) is 0. The molecular formula is C25H25ClFN9O4. The van der Waals surface area contributed by atoms with Crippen molar-refractivity contribution in [3.05, 3.63) is 75.8 Å². The van der Waals surface area contributed by atoms with Gasteiger partial charge in [0.25, 0.3) is 5.91 Å². The standard InChI is InChI=1S/C25H25ClFN9O4/c1-15(16-5-7-17(8-6-16)39-14-18-19(26)3-2-4-20(18)27)29-31-25(37)22-21(13-35-9-11-38-12-10-35)30-34-36(22)24-23(28)32-40-33-24/h2-8H,9-14H2,1H3,(H2,28,32)(H,31,37)/b29-15-. The van der Waals surface area contributed by atoms with Crippen LogP contribution in [0.3, 0.4) is 0 Å². The number of hydrogen-bond donors (Lipinski definition) is 2. The topological polar surface area (TPSA) is 159 Å². The number of nitrogens with two attached hydrogens (primary N) is 1. The van der Waals surface area contributed by atoms with Gasteiger partial charge in [0.1, 0.15) is 23.9 Å². The van der Waals surface area contributed by atoms with Crippen LogP contribution in [0.15, 0.2) is 52.2 Å². The summed E-state index contributed by atoms with van der Waals surface area (Å²) < 4.78 is 30.9. The fourth-order valence-corrected chi connectivity index (χ4v) is 4.19. The number of nitrogen functional groups attached to an aromatic ring is 1. The van der Waals surface area contributed by atoms with Gasteiger partial charge in [0.15, 0.2) is 5.69 Å². The van der Waals surface area contributed by atoms with E-state index in [-0.39, 0.29) is 29.5 Å². The fourth-order valence-electron chi connectivity index (χ4n) is 3.97. The summed E-state index contributed by atoms with van der Waals surface area (Å²) in [5.41, 5.74) is 10.4. The van der Waals surface area contributed by atoms with Gasteiger partial charge in [-0.05, 0) is 59.2 Å². The second kappa shape index (κ2) is 12.2. The number of amides is 1. The molecule has 0 bridgehead atoms. The first-order valence-corrected chi connectivity index (χ1v) is 12.6. The number of morpholine rings is 1. The second-order valence-corrected chi connectivity index (χ2v) is 9.22. The van der Waals surface area contributed by atoms with Crippen molar-refractivity contribution >= 4 is 29.0 Å². The predicted molar refractivity (Wildman–Crippen MR) is 142 cm³/mol. The Bertz CT molecular complexity index is 1500. The average molecular weight is 570 g/mol. The van der Waals surface area contributed by atoms with Crippen LogP contribution in [0.4, 0.5) is 10.2 Å². The van der Waals surface area contributed by atoms with E-state index in [1.54, 1.807) is 37.3 Å². The number of nitrogens with zero attached hydrogens (tertiary/aromatic N) is 7. The van der Waals surface area contributed by atoms with Crippen LogP contribution < -0.4 is 15.9 Å². The lowest BCUT2D eigenvalue weighted by atomic mass is 10.1. The van der Waals surface area contributed by atoms with E-state index in [9.17, 15) is 9.18 Å². The van der Waals surface area contributed by atoms with Crippen LogP contribution in [0.2, 0.25) is 5.02 Å². The maximum atomic E-state index is 14.0. The lowest BCUT2D eigenvalue weighted by molar-refractivity contribution is 0.0335. The van der Waals surface area contributed by atoms with Crippen LogP contribution in [0.5, 0.6) is 5.75 Å². The zero-order chi connectivity index (χ0) is 28.1. The van der Waals surface area contributed by atoms with Crippen molar-refractivity contribution in [2.75, 3.05) is 32.0 Å². The molecule has 3 heterocycles. The summed E-state index contributed by atoms with van der Waals surface area (Å²) >= 11 is 6.06. The van der Waals surface area contributed by atoms with Gasteiger partial charge in [-0.1, -0.05) is 22.9 Å². The molecular weight excluding hydrogens is 545 g/mol. The summed E-state index contributed by atoms with van der Waals surface area (Å²) in [4.78, 5) is 15.4. The van der Waals surface area contributed by atoms with Crippen molar-refractivity contribution in [1.29, 1.82) is 0 Å². The van der Waals surface area contributed by atoms with E-state index in [0.717, 1.165) is 5.56 Å². The molecule has 2 aromatic carbocycles. The molecule has 1 aliphatic heterocycles. The Kier molecular flexibility index (Phi) is 8.28. The van der Waals surface area contributed by atoms with E-state index in [2.05, 4.69) is 40.7 Å². The SMILES string of the molecule is C/C(=N/NC(=O)c1c(CN2CCOCC2)nnn1-c1nonc1N)c1ccc(OCc2c(F)cccc2Cl)cc1. The van der Waals surface area contributed by atoms with Gasteiger partial charge >= 0.3 is 0 Å². The van der Waals surface area contributed by atoms with Crippen molar-refractivity contribution < 1.29 is 23.3 Å². The fraction of sp³-hybridized carbons (Fsp3) is 0.280. The molecule has 5 rings (SSSR count). The van der Waals surface area contributed by atoms with Gasteiger partial charge in [-0.2, -0.15) is 9.78 Å². The highest BCUT2D eigenvalue weighted by atomic mass is 35.5. The molecule has 1 saturated heterocycles. The lowest BCUT2D eigenvalue weighted by Gasteiger charge is -2.25. The van der Waals surface area contributed by atoms with E-state index >= 15 is 0 Å². The van der Waals surface area contributed by atoms with Crippen LogP contribution >= 0.6 is 11.6 Å². The average Bonchev–Trinajstić information content (AvgIpc) is 3.57. The van der Waals surface area contributed by atoms with Crippen molar-refractivity contribution in [3.8, 4) is 11.6 Å². The third kappa shape index (κ3) is 6.09. The summed E-state index contributed by atoms with van der Waals surface area (Å²) in [5.74, 6) is -0.497. The first-order chi connectivity index (χ1) is 19.4. The second-order valence-electron chi connectivity index (χ2n) is 8.81. The minimum Gasteiger partial charge on any atom is -0.489 e. The van der Waals surface area contributed by atoms with Crippen molar-refractivity contribution in [2.24, 2.45) is 5.10 Å². The van der Waals surface area contributed by atoms with E-state index in [1.165, 1.54) is 16.8 Å². The van der Waals surface area contributed by atoms with Crippen molar-refractivity contribution in [1.82, 2.24) is 35.6 Å². The van der Waals surface area contributed by atoms with Crippen molar-refractivity contribution in [3.63, 3.8) is 0 Å². The Hall–Kier alpha value is -4.40. The third-order valence-electron chi connectivity index (χ3n) is 6.17. The molecule has 40 heavy (non-hydrogen) atoms. The largest absolute Gasteiger partial charge is 0.489 e. The Morgan fingerprint density at radius 2 is 1.98 bits per heavy atom. The lowest BCUT2D eigenvalue weighted by Crippen LogP contribution is -2.36. The number of nitrogens with one attached hydrogen (secondary N) is 1. The molecule has 0 spiro atoms. The number of carbonyl (C=O) groups excluding carboxylic acids is 1. The minimum absolute atomic E-state index is 0.0198. The molecule has 1 amide bonds. The normalized spacial score (nSPS) is 14.3. The summed E-state index contributed by atoms with van der Waals surface area (Å²) in [6.45, 7) is 4.62. The Morgan fingerprint density at radius 3 is 2.67 bits per heavy atom. The number of hydrogen-bond acceptors (Lipinski definition) is 11. The predicted octanol–water partition coefficient (Wildman–Crippen LogP) is 2.59. The monoisotopic (exact) mass is 569 g/mol. The van der Waals surface area contributed by atoms with Crippen LogP contribution in [0.1, 0.15) is 34.2 Å². The first kappa shape index (κ1) is 27.2. The number of benzene rings is 2. The molecule has 0 atom stereocenters. The van der Waals surface area contributed by atoms with Crippen LogP contribution in [0, 0.1) is 5.82 Å². The molecule has 0 aliphatic carbocycles. The van der Waals surface area contributed by atoms with Gasteiger partial charge in [-0.25, -0.2) is 14.4 Å². The molecule has 4 aromatic rings. The number of halogens is 2. The number of ether oxygens (including phenoxy) is 2. The number of rotatable bonds is 9. The van der Waals surface area contributed by atoms with E-state index in [1.807, 2.05) is 0 Å². The number of carbonyl (C=O) groups is 1. The smallest absolute Gasteiger partial charge is 0.292 e. The molecule has 15 heteroatoms. The molecule has 0 unspecified atom stereocenters. The maximum absolute atomic E-state index is 14.0. The van der Waals surface area contributed by atoms with E-state index < -0.39 is 11.7 Å². The highest BCUT2D eigenvalue weighted by molar-refractivity contribution is 6.31. The molecule has 3 N–H and O–H groups in total. The molecule has 13 nitrogen and oxygen atoms in total. The van der Waals surface area contributed by atoms with Gasteiger partial charge in [0, 0.05) is 25.2 Å². The van der Waals surface area contributed by atoms with Crippen LogP contribution in [-0.4, -0.2) is 68.1 Å². The molecule has 2 aromatic heterocycles. The minimum atomic E-state index is -0.572. The van der Waals surface area contributed by atoms with Crippen LogP contribution in [-0.2, 0) is 17.9 Å². The summed E-state index contributed by atoms with van der Waals surface area (Å²) in [6.07, 6.45) is 0. The number of hydrazone groups is 1. The van der Waals surface area contributed by atoms with Gasteiger partial charge in [0.05, 0.1) is 23.9 Å². The summed E-state index contributed by atoms with van der Waals surface area (Å²) in [6, 6.07) is 11.4. The summed E-state index contributed by atoms with van der Waals surface area (Å²) in [5, 5.41) is 20.1. The highest BCUT2D eigenvalue weighted by Gasteiger charge is 2.26. The van der Waals surface area contributed by atoms with Crippen molar-refractivity contribution in [2.45, 2.75) is 20.1 Å². The van der Waals surface area contributed by atoms with Gasteiger partial charge < -0.3 is 15.2 Å². The van der Waals surface area contributed by atoms with E-state index in [4.69, 9.17) is 26.8 Å². The highest BCUT2D eigenvalue weighted by Crippen LogP contribution is 2.22. The molecule has 1 aliphatic rings. The number of aromatic nitrogens is 5. The maximum Gasteiger partial charge on any atom is 0.292 e. The zero-order valence-electron chi connectivity index (χ0n) is 21.4. The molecule has 0 radical (unpaired) electrons. The number of anilines is 1. The first-order valence-electron chi connectivity index (χ1n) is 12.2. The molecule has 0 saturated carbocycles. The van der Waals surface area contributed by atoms with E-state index in [0.29, 0.717) is 55.0 Å². The third-order valence-corrected chi connectivity index (χ3v) is 6.52. The van der Waals surface area contributed by atoms with Gasteiger partial charge in [0.2, 0.25) is 11.6 Å². The van der Waals surface area contributed by atoms with Gasteiger partial charge in [-0.15, -0.1) is 5.10 Å².